The largest absolute Gasteiger partial charge is 0.376 e. The lowest BCUT2D eigenvalue weighted by atomic mass is 9.88. The number of rotatable bonds is 5. The molecule has 1 aromatic rings. The van der Waals surface area contributed by atoms with Gasteiger partial charge in [0.1, 0.15) is 5.69 Å². The second-order valence-electron chi connectivity index (χ2n) is 5.59. The molecule has 1 aromatic heterocycles. The molecule has 20 heavy (non-hydrogen) atoms. The number of amides is 1. The Labute approximate surface area is 120 Å². The highest BCUT2D eigenvalue weighted by atomic mass is 16.5. The van der Waals surface area contributed by atoms with Gasteiger partial charge >= 0.3 is 0 Å². The monoisotopic (exact) mass is 276 g/mol. The Hall–Kier alpha value is -1.42. The van der Waals surface area contributed by atoms with Crippen LogP contribution in [-0.4, -0.2) is 30.1 Å². The molecule has 1 amide bonds. The van der Waals surface area contributed by atoms with E-state index in [-0.39, 0.29) is 5.91 Å². The van der Waals surface area contributed by atoms with E-state index in [0.29, 0.717) is 30.9 Å². The molecule has 0 aliphatic heterocycles. The lowest BCUT2D eigenvalue weighted by Crippen LogP contribution is -2.32. The number of carbonyl (C=O) groups excluding carboxylic acids is 1. The maximum absolute atomic E-state index is 11.9. The van der Waals surface area contributed by atoms with Gasteiger partial charge in [0.2, 0.25) is 0 Å². The summed E-state index contributed by atoms with van der Waals surface area (Å²) in [5.74, 6) is 0.506. The topological polar surface area (TPSA) is 51.2 Å². The number of pyridine rings is 1. The predicted molar refractivity (Wildman–Crippen MR) is 78.7 cm³/mol. The standard InChI is InChI=1S/C16H24N2O2/c1-12-6-3-4-9-15(12)20-11-10-17-16(19)14-8-5-7-13(2)18-14/h5,7-8,12,15H,3-4,6,9-11H2,1-2H3,(H,17,19)/t12-,15-/m1/s1. The first-order chi connectivity index (χ1) is 9.66. The molecular formula is C16H24N2O2. The van der Waals surface area contributed by atoms with Gasteiger partial charge in [0.05, 0.1) is 12.7 Å². The first kappa shape index (κ1) is 15.0. The van der Waals surface area contributed by atoms with Crippen LogP contribution in [0, 0.1) is 12.8 Å². The molecule has 1 saturated carbocycles. The molecule has 4 heteroatoms. The predicted octanol–water partition coefficient (Wildman–Crippen LogP) is 2.72. The lowest BCUT2D eigenvalue weighted by molar-refractivity contribution is -0.00295. The van der Waals surface area contributed by atoms with Gasteiger partial charge in [0, 0.05) is 12.2 Å². The van der Waals surface area contributed by atoms with E-state index in [1.54, 1.807) is 6.07 Å². The third-order valence-corrected chi connectivity index (χ3v) is 3.87. The molecule has 1 aliphatic rings. The minimum atomic E-state index is -0.131. The smallest absolute Gasteiger partial charge is 0.269 e. The van der Waals surface area contributed by atoms with Gasteiger partial charge in [0.15, 0.2) is 0 Å². The Bertz CT molecular complexity index is 448. The van der Waals surface area contributed by atoms with Crippen LogP contribution in [0.25, 0.3) is 0 Å². The van der Waals surface area contributed by atoms with Gasteiger partial charge in [-0.25, -0.2) is 4.98 Å². The Balaban J connectivity index is 1.69. The van der Waals surface area contributed by atoms with Crippen molar-refractivity contribution in [1.82, 2.24) is 10.3 Å². The van der Waals surface area contributed by atoms with Crippen molar-refractivity contribution in [3.63, 3.8) is 0 Å². The van der Waals surface area contributed by atoms with Gasteiger partial charge in [0.25, 0.3) is 5.91 Å². The van der Waals surface area contributed by atoms with E-state index in [2.05, 4.69) is 17.2 Å². The van der Waals surface area contributed by atoms with Crippen LogP contribution in [-0.2, 0) is 4.74 Å². The Kier molecular flexibility index (Phi) is 5.53. The van der Waals surface area contributed by atoms with Crippen molar-refractivity contribution < 1.29 is 9.53 Å². The van der Waals surface area contributed by atoms with Gasteiger partial charge in [-0.3, -0.25) is 4.79 Å². The van der Waals surface area contributed by atoms with Crippen molar-refractivity contribution in [3.8, 4) is 0 Å². The molecule has 1 fully saturated rings. The number of hydrogen-bond donors (Lipinski definition) is 1. The van der Waals surface area contributed by atoms with Gasteiger partial charge in [-0.15, -0.1) is 0 Å². The second kappa shape index (κ2) is 7.39. The van der Waals surface area contributed by atoms with Crippen molar-refractivity contribution in [3.05, 3.63) is 29.6 Å². The third-order valence-electron chi connectivity index (χ3n) is 3.87. The summed E-state index contributed by atoms with van der Waals surface area (Å²) in [5.41, 5.74) is 1.32. The van der Waals surface area contributed by atoms with Gasteiger partial charge in [-0.1, -0.05) is 25.8 Å². The first-order valence-electron chi connectivity index (χ1n) is 7.50. The number of nitrogens with one attached hydrogen (secondary N) is 1. The summed E-state index contributed by atoms with van der Waals surface area (Å²) >= 11 is 0. The zero-order valence-corrected chi connectivity index (χ0v) is 12.4. The van der Waals surface area contributed by atoms with Gasteiger partial charge in [-0.05, 0) is 37.8 Å². The van der Waals surface area contributed by atoms with Crippen molar-refractivity contribution in [2.45, 2.75) is 45.6 Å². The number of carbonyl (C=O) groups is 1. The van der Waals surface area contributed by atoms with Crippen molar-refractivity contribution >= 4 is 5.91 Å². The van der Waals surface area contributed by atoms with Crippen LogP contribution in [0.15, 0.2) is 18.2 Å². The van der Waals surface area contributed by atoms with Crippen LogP contribution >= 0.6 is 0 Å². The van der Waals surface area contributed by atoms with E-state index in [1.807, 2.05) is 19.1 Å². The molecule has 0 spiro atoms. The van der Waals surface area contributed by atoms with Gasteiger partial charge < -0.3 is 10.1 Å². The fourth-order valence-electron chi connectivity index (χ4n) is 2.66. The number of aryl methyl sites for hydroxylation is 1. The molecule has 4 nitrogen and oxygen atoms in total. The Morgan fingerprint density at radius 1 is 1.40 bits per heavy atom. The van der Waals surface area contributed by atoms with Crippen LogP contribution in [0.1, 0.15) is 48.8 Å². The van der Waals surface area contributed by atoms with Gasteiger partial charge in [-0.2, -0.15) is 0 Å². The molecule has 2 atom stereocenters. The molecule has 1 aliphatic carbocycles. The number of hydrogen-bond acceptors (Lipinski definition) is 3. The average Bonchev–Trinajstić information content (AvgIpc) is 2.45. The van der Waals surface area contributed by atoms with E-state index in [4.69, 9.17) is 4.74 Å². The zero-order valence-electron chi connectivity index (χ0n) is 12.4. The minimum Gasteiger partial charge on any atom is -0.376 e. The summed E-state index contributed by atoms with van der Waals surface area (Å²) in [4.78, 5) is 16.1. The zero-order chi connectivity index (χ0) is 14.4. The van der Waals surface area contributed by atoms with Crippen LogP contribution in [0.5, 0.6) is 0 Å². The fourth-order valence-corrected chi connectivity index (χ4v) is 2.66. The molecule has 0 bridgehead atoms. The van der Waals surface area contributed by atoms with Crippen molar-refractivity contribution in [2.24, 2.45) is 5.92 Å². The first-order valence-corrected chi connectivity index (χ1v) is 7.50. The number of ether oxygens (including phenoxy) is 1. The number of aromatic nitrogens is 1. The maximum atomic E-state index is 11.9. The maximum Gasteiger partial charge on any atom is 0.269 e. The molecule has 0 radical (unpaired) electrons. The highest BCUT2D eigenvalue weighted by Crippen LogP contribution is 2.25. The van der Waals surface area contributed by atoms with E-state index in [1.165, 1.54) is 19.3 Å². The average molecular weight is 276 g/mol. The Morgan fingerprint density at radius 2 is 2.20 bits per heavy atom. The number of nitrogens with zero attached hydrogens (tertiary/aromatic N) is 1. The highest BCUT2D eigenvalue weighted by molar-refractivity contribution is 5.92. The highest BCUT2D eigenvalue weighted by Gasteiger charge is 2.21. The molecule has 110 valence electrons. The molecule has 2 rings (SSSR count). The van der Waals surface area contributed by atoms with Crippen molar-refractivity contribution in [1.29, 1.82) is 0 Å². The normalized spacial score (nSPS) is 22.5. The minimum absolute atomic E-state index is 0.131. The SMILES string of the molecule is Cc1cccc(C(=O)NCCO[C@@H]2CCCC[C@H]2C)n1. The molecule has 1 N–H and O–H groups in total. The van der Waals surface area contributed by atoms with Crippen molar-refractivity contribution in [2.75, 3.05) is 13.2 Å². The van der Waals surface area contributed by atoms with E-state index < -0.39 is 0 Å². The third kappa shape index (κ3) is 4.30. The van der Waals surface area contributed by atoms with E-state index >= 15 is 0 Å². The molecule has 1 heterocycles. The molecule has 0 saturated heterocycles. The van der Waals surface area contributed by atoms with Crippen LogP contribution in [0.4, 0.5) is 0 Å². The molecular weight excluding hydrogens is 252 g/mol. The van der Waals surface area contributed by atoms with Crippen LogP contribution in [0.2, 0.25) is 0 Å². The summed E-state index contributed by atoms with van der Waals surface area (Å²) < 4.78 is 5.87. The Morgan fingerprint density at radius 3 is 2.95 bits per heavy atom. The quantitative estimate of drug-likeness (QED) is 0.841. The van der Waals surface area contributed by atoms with E-state index in [0.717, 1.165) is 12.1 Å². The summed E-state index contributed by atoms with van der Waals surface area (Å²) in [5, 5.41) is 2.85. The summed E-state index contributed by atoms with van der Waals surface area (Å²) in [6, 6.07) is 5.45. The van der Waals surface area contributed by atoms with Crippen LogP contribution < -0.4 is 5.32 Å². The summed E-state index contributed by atoms with van der Waals surface area (Å²) in [7, 11) is 0. The van der Waals surface area contributed by atoms with E-state index in [9.17, 15) is 4.79 Å². The molecule has 0 aromatic carbocycles. The fraction of sp³-hybridized carbons (Fsp3) is 0.625. The van der Waals surface area contributed by atoms with Crippen LogP contribution in [0.3, 0.4) is 0 Å². The summed E-state index contributed by atoms with van der Waals surface area (Å²) in [6.07, 6.45) is 5.34. The lowest BCUT2D eigenvalue weighted by Gasteiger charge is -2.28. The molecule has 0 unspecified atom stereocenters. The second-order valence-corrected chi connectivity index (χ2v) is 5.59. The summed E-state index contributed by atoms with van der Waals surface area (Å²) in [6.45, 7) is 5.24.